The highest BCUT2D eigenvalue weighted by Crippen LogP contribution is 2.19. The molecule has 0 bridgehead atoms. The lowest BCUT2D eigenvalue weighted by Gasteiger charge is -2.12. The monoisotopic (exact) mass is 391 g/mol. The summed E-state index contributed by atoms with van der Waals surface area (Å²) in [5.74, 6) is 0.727. The third-order valence-corrected chi connectivity index (χ3v) is 4.11. The zero-order valence-corrected chi connectivity index (χ0v) is 16.1. The topological polar surface area (TPSA) is 139 Å². The Kier molecular flexibility index (Phi) is 5.98. The molecule has 0 atom stereocenters. The summed E-state index contributed by atoms with van der Waals surface area (Å²) in [7, 11) is 1.52. The van der Waals surface area contributed by atoms with Gasteiger partial charge in [0.05, 0.1) is 12.8 Å². The van der Waals surface area contributed by atoms with Crippen LogP contribution in [0.1, 0.15) is 22.4 Å². The van der Waals surface area contributed by atoms with Crippen molar-refractivity contribution in [3.63, 3.8) is 0 Å². The first-order valence-corrected chi connectivity index (χ1v) is 8.78. The molecule has 0 fully saturated rings. The lowest BCUT2D eigenvalue weighted by atomic mass is 10.0. The number of nitrogens with one attached hydrogen (secondary N) is 3. The number of hydrogen-bond donors (Lipinski definition) is 4. The Hall–Kier alpha value is -4.01. The van der Waals surface area contributed by atoms with Crippen LogP contribution in [-0.2, 0) is 6.54 Å². The highest BCUT2D eigenvalue weighted by molar-refractivity contribution is 6.13. The van der Waals surface area contributed by atoms with Gasteiger partial charge in [0.25, 0.3) is 0 Å². The Balaban J connectivity index is 1.65. The highest BCUT2D eigenvalue weighted by Gasteiger charge is 2.12. The Bertz CT molecular complexity index is 1050. The second kappa shape index (κ2) is 8.79. The van der Waals surface area contributed by atoms with Gasteiger partial charge in [0.2, 0.25) is 5.88 Å². The molecular weight excluding hydrogens is 370 g/mol. The molecule has 0 aliphatic rings. The predicted octanol–water partition coefficient (Wildman–Crippen LogP) is 2.51. The molecule has 148 valence electrons. The summed E-state index contributed by atoms with van der Waals surface area (Å²) >= 11 is 0. The number of rotatable bonds is 6. The summed E-state index contributed by atoms with van der Waals surface area (Å²) in [4.78, 5) is 24.6. The van der Waals surface area contributed by atoms with E-state index in [1.165, 1.54) is 19.4 Å². The largest absolute Gasteiger partial charge is 0.481 e. The van der Waals surface area contributed by atoms with Crippen LogP contribution >= 0.6 is 0 Å². The van der Waals surface area contributed by atoms with Gasteiger partial charge in [-0.3, -0.25) is 15.7 Å². The van der Waals surface area contributed by atoms with Crippen molar-refractivity contribution in [2.75, 3.05) is 18.2 Å². The van der Waals surface area contributed by atoms with Gasteiger partial charge < -0.3 is 15.8 Å². The second-order valence-electron chi connectivity index (χ2n) is 6.20. The van der Waals surface area contributed by atoms with Crippen molar-refractivity contribution in [3.8, 4) is 5.88 Å². The fourth-order valence-corrected chi connectivity index (χ4v) is 2.68. The number of urea groups is 1. The average molecular weight is 391 g/mol. The average Bonchev–Trinajstić information content (AvgIpc) is 2.72. The van der Waals surface area contributed by atoms with Crippen molar-refractivity contribution < 1.29 is 9.53 Å². The van der Waals surface area contributed by atoms with Gasteiger partial charge >= 0.3 is 6.03 Å². The van der Waals surface area contributed by atoms with E-state index < -0.39 is 6.03 Å². The van der Waals surface area contributed by atoms with Crippen LogP contribution in [0, 0.1) is 12.3 Å². The van der Waals surface area contributed by atoms with E-state index >= 15 is 0 Å². The fraction of sp³-hybridized carbons (Fsp3) is 0.150. The molecule has 0 spiro atoms. The van der Waals surface area contributed by atoms with Crippen LogP contribution in [0.5, 0.6) is 5.88 Å². The maximum absolute atomic E-state index is 12.2. The van der Waals surface area contributed by atoms with Crippen LogP contribution in [0.2, 0.25) is 0 Å². The van der Waals surface area contributed by atoms with E-state index in [1.807, 2.05) is 13.0 Å². The number of nitrogen functional groups attached to an aromatic ring is 1. The van der Waals surface area contributed by atoms with Gasteiger partial charge in [-0.15, -0.1) is 0 Å². The number of methoxy groups -OCH3 is 1. The number of amides is 2. The fourth-order valence-electron chi connectivity index (χ4n) is 2.68. The van der Waals surface area contributed by atoms with Crippen molar-refractivity contribution in [3.05, 3.63) is 71.3 Å². The van der Waals surface area contributed by atoms with Gasteiger partial charge in [0.1, 0.15) is 5.82 Å². The van der Waals surface area contributed by atoms with Crippen molar-refractivity contribution in [1.82, 2.24) is 20.3 Å². The molecule has 0 unspecified atom stereocenters. The minimum absolute atomic E-state index is 0.236. The van der Waals surface area contributed by atoms with Crippen LogP contribution in [0.25, 0.3) is 0 Å². The molecule has 0 aliphatic heterocycles. The van der Waals surface area contributed by atoms with Crippen molar-refractivity contribution in [2.45, 2.75) is 13.5 Å². The molecule has 3 heterocycles. The highest BCUT2D eigenvalue weighted by atomic mass is 16.5. The smallest absolute Gasteiger partial charge is 0.320 e. The molecule has 5 N–H and O–H groups in total. The summed E-state index contributed by atoms with van der Waals surface area (Å²) < 4.78 is 5.16. The Morgan fingerprint density at radius 3 is 2.76 bits per heavy atom. The number of hydrogen-bond acceptors (Lipinski definition) is 7. The zero-order valence-electron chi connectivity index (χ0n) is 16.1. The summed E-state index contributed by atoms with van der Waals surface area (Å²) in [6.45, 7) is 2.09. The summed E-state index contributed by atoms with van der Waals surface area (Å²) in [6.07, 6.45) is 4.72. The number of carbonyl (C=O) groups excluding carboxylic acids is 1. The van der Waals surface area contributed by atoms with Crippen LogP contribution in [0.15, 0.2) is 48.9 Å². The lowest BCUT2D eigenvalue weighted by Crippen LogP contribution is -2.29. The molecule has 0 saturated heterocycles. The van der Waals surface area contributed by atoms with E-state index in [9.17, 15) is 4.79 Å². The maximum Gasteiger partial charge on any atom is 0.320 e. The summed E-state index contributed by atoms with van der Waals surface area (Å²) in [6, 6.07) is 8.17. The SMILES string of the molecule is COc1ncccc1CNC(=O)Nc1cc(N)c(C(=N)c2ccnc(C)c2)cn1. The number of aryl methyl sites for hydroxylation is 1. The first-order chi connectivity index (χ1) is 14.0. The van der Waals surface area contributed by atoms with Gasteiger partial charge in [-0.2, -0.15) is 0 Å². The van der Waals surface area contributed by atoms with Crippen molar-refractivity contribution >= 4 is 23.2 Å². The molecule has 0 radical (unpaired) electrons. The molecule has 29 heavy (non-hydrogen) atoms. The zero-order chi connectivity index (χ0) is 20.8. The van der Waals surface area contributed by atoms with E-state index in [4.69, 9.17) is 15.9 Å². The minimum Gasteiger partial charge on any atom is -0.481 e. The third kappa shape index (κ3) is 4.83. The number of carbonyl (C=O) groups is 1. The van der Waals surface area contributed by atoms with Gasteiger partial charge in [0.15, 0.2) is 0 Å². The van der Waals surface area contributed by atoms with Gasteiger partial charge in [0, 0.05) is 59.3 Å². The van der Waals surface area contributed by atoms with Crippen LogP contribution in [0.3, 0.4) is 0 Å². The number of ether oxygens (including phenoxy) is 1. The van der Waals surface area contributed by atoms with Gasteiger partial charge in [-0.1, -0.05) is 6.07 Å². The molecule has 3 aromatic rings. The third-order valence-electron chi connectivity index (χ3n) is 4.11. The molecule has 0 aromatic carbocycles. The van der Waals surface area contributed by atoms with E-state index in [2.05, 4.69) is 25.6 Å². The van der Waals surface area contributed by atoms with Gasteiger partial charge in [-0.25, -0.2) is 14.8 Å². The first-order valence-electron chi connectivity index (χ1n) is 8.78. The molecule has 0 aliphatic carbocycles. The quantitative estimate of drug-likeness (QED) is 0.476. The molecule has 0 saturated carbocycles. The Labute approximate surface area is 167 Å². The number of aromatic nitrogens is 3. The first kappa shape index (κ1) is 19.7. The number of nitrogens with zero attached hydrogens (tertiary/aromatic N) is 3. The second-order valence-corrected chi connectivity index (χ2v) is 6.20. The molecule has 9 heteroatoms. The van der Waals surface area contributed by atoms with E-state index in [0.29, 0.717) is 22.7 Å². The van der Waals surface area contributed by atoms with Crippen molar-refractivity contribution in [2.24, 2.45) is 0 Å². The summed E-state index contributed by atoms with van der Waals surface area (Å²) in [5.41, 5.74) is 9.37. The minimum atomic E-state index is -0.449. The number of nitrogens with two attached hydrogens (primary N) is 1. The van der Waals surface area contributed by atoms with Crippen molar-refractivity contribution in [1.29, 1.82) is 5.41 Å². The van der Waals surface area contributed by atoms with Crippen LogP contribution in [0.4, 0.5) is 16.3 Å². The Morgan fingerprint density at radius 2 is 2.03 bits per heavy atom. The molecular formula is C20H21N7O2. The lowest BCUT2D eigenvalue weighted by molar-refractivity contribution is 0.251. The molecule has 9 nitrogen and oxygen atoms in total. The van der Waals surface area contributed by atoms with E-state index in [-0.39, 0.29) is 18.1 Å². The maximum atomic E-state index is 12.2. The predicted molar refractivity (Wildman–Crippen MR) is 110 cm³/mol. The van der Waals surface area contributed by atoms with E-state index in [0.717, 1.165) is 11.3 Å². The molecule has 3 aromatic heterocycles. The number of anilines is 2. The van der Waals surface area contributed by atoms with Crippen LogP contribution in [-0.4, -0.2) is 33.8 Å². The number of pyridine rings is 3. The molecule has 3 rings (SSSR count). The summed E-state index contributed by atoms with van der Waals surface area (Å²) in [5, 5.41) is 13.7. The van der Waals surface area contributed by atoms with Crippen LogP contribution < -0.4 is 21.1 Å². The molecule has 2 amide bonds. The Morgan fingerprint density at radius 1 is 1.21 bits per heavy atom. The normalized spacial score (nSPS) is 10.3. The standard InChI is InChI=1S/C20H21N7O2/c1-12-8-13(5-7-23-12)18(22)15-11-25-17(9-16(15)21)27-20(28)26-10-14-4-3-6-24-19(14)29-2/h3-9,11,22H,10H2,1-2H3,(H4,21,25,26,27,28). The van der Waals surface area contributed by atoms with E-state index in [1.54, 1.807) is 30.6 Å². The van der Waals surface area contributed by atoms with Gasteiger partial charge in [-0.05, 0) is 25.1 Å².